The van der Waals surface area contributed by atoms with Crippen LogP contribution in [-0.4, -0.2) is 65.6 Å². The number of fused-ring (bicyclic) bond motifs is 2. The summed E-state index contributed by atoms with van der Waals surface area (Å²) in [6.07, 6.45) is 1.90. The Balaban J connectivity index is 1.44. The second-order valence-corrected chi connectivity index (χ2v) is 13.9. The quantitative estimate of drug-likeness (QED) is 0.312. The smallest absolute Gasteiger partial charge is 0.256 e. The van der Waals surface area contributed by atoms with Crippen LogP contribution in [0.2, 0.25) is 0 Å². The van der Waals surface area contributed by atoms with Crippen LogP contribution in [0.4, 0.5) is 5.82 Å². The number of hydrogen-bond donors (Lipinski definition) is 1. The van der Waals surface area contributed by atoms with Crippen LogP contribution in [0.1, 0.15) is 58.1 Å². The van der Waals surface area contributed by atoms with Crippen molar-refractivity contribution in [1.29, 1.82) is 0 Å². The molecule has 2 aromatic heterocycles. The maximum atomic E-state index is 12.8. The second-order valence-electron chi connectivity index (χ2n) is 11.2. The van der Waals surface area contributed by atoms with E-state index in [-0.39, 0.29) is 28.8 Å². The van der Waals surface area contributed by atoms with Crippen molar-refractivity contribution in [3.63, 3.8) is 0 Å². The molecule has 1 N–H and O–H groups in total. The zero-order valence-corrected chi connectivity index (χ0v) is 24.9. The average molecular weight is 572 g/mol. The summed E-state index contributed by atoms with van der Waals surface area (Å²) in [6.45, 7) is 12.8. The highest BCUT2D eigenvalue weighted by molar-refractivity contribution is 8.17. The van der Waals surface area contributed by atoms with Crippen molar-refractivity contribution in [1.82, 2.24) is 19.5 Å². The molecule has 0 aliphatic carbocycles. The highest BCUT2D eigenvalue weighted by atomic mass is 32.2. The number of ether oxygens (including phenoxy) is 3. The molecule has 39 heavy (non-hydrogen) atoms. The molecule has 9 nitrogen and oxygen atoms in total. The third-order valence-electron chi connectivity index (χ3n) is 6.42. The fraction of sp³-hybridized carbons (Fsp3) is 0.571. The fourth-order valence-electron chi connectivity index (χ4n) is 4.76. The van der Waals surface area contributed by atoms with Crippen molar-refractivity contribution in [2.75, 3.05) is 16.8 Å². The molecule has 0 radical (unpaired) electrons. The Kier molecular flexibility index (Phi) is 8.54. The number of benzene rings is 1. The first-order valence-electron chi connectivity index (χ1n) is 13.4. The molecule has 0 unspecified atom stereocenters. The molecule has 1 amide bonds. The number of thioether (sulfide) groups is 2. The SMILES string of the molecule is CC(C)CSC(SCC(C)C)[C@H]1O[C@@H](n2cnc3c(NC(=O)c4ccccc4)ncnc32)[C@@H]2OC(C)(C)O[C@@H]21. The Bertz CT molecular complexity index is 1270. The van der Waals surface area contributed by atoms with Crippen molar-refractivity contribution in [3.8, 4) is 0 Å². The maximum absolute atomic E-state index is 12.8. The van der Waals surface area contributed by atoms with Gasteiger partial charge < -0.3 is 19.5 Å². The van der Waals surface area contributed by atoms with Gasteiger partial charge in [-0.2, -0.15) is 0 Å². The van der Waals surface area contributed by atoms with E-state index in [2.05, 4.69) is 48.0 Å². The van der Waals surface area contributed by atoms with Gasteiger partial charge in [0.25, 0.3) is 5.91 Å². The van der Waals surface area contributed by atoms with E-state index in [0.29, 0.717) is 34.4 Å². The number of anilines is 1. The lowest BCUT2D eigenvalue weighted by Crippen LogP contribution is -2.36. The van der Waals surface area contributed by atoms with Crippen LogP contribution >= 0.6 is 23.5 Å². The lowest BCUT2D eigenvalue weighted by molar-refractivity contribution is -0.194. The largest absolute Gasteiger partial charge is 0.347 e. The number of hydrogen-bond acceptors (Lipinski definition) is 9. The molecule has 2 aliphatic heterocycles. The minimum absolute atomic E-state index is 0.175. The van der Waals surface area contributed by atoms with E-state index in [1.54, 1.807) is 18.5 Å². The first-order chi connectivity index (χ1) is 18.6. The molecule has 4 heterocycles. The molecule has 210 valence electrons. The number of rotatable bonds is 10. The lowest BCUT2D eigenvalue weighted by Gasteiger charge is -2.29. The number of nitrogens with one attached hydrogen (secondary N) is 1. The summed E-state index contributed by atoms with van der Waals surface area (Å²) in [5, 5.41) is 2.88. The number of carbonyl (C=O) groups is 1. The fourth-order valence-corrected chi connectivity index (χ4v) is 7.58. The van der Waals surface area contributed by atoms with Crippen molar-refractivity contribution in [2.45, 2.75) is 76.5 Å². The Morgan fingerprint density at radius 1 is 1.00 bits per heavy atom. The molecule has 0 saturated carbocycles. The Hall–Kier alpha value is -2.18. The number of nitrogens with zero attached hydrogens (tertiary/aromatic N) is 4. The van der Waals surface area contributed by atoms with E-state index < -0.39 is 12.0 Å². The van der Waals surface area contributed by atoms with Gasteiger partial charge in [-0.15, -0.1) is 23.5 Å². The van der Waals surface area contributed by atoms with E-state index in [0.717, 1.165) is 11.5 Å². The summed E-state index contributed by atoms with van der Waals surface area (Å²) < 4.78 is 21.7. The molecule has 4 atom stereocenters. The first kappa shape index (κ1) is 28.4. The van der Waals surface area contributed by atoms with Gasteiger partial charge in [0.15, 0.2) is 29.0 Å². The Labute approximate surface area is 238 Å². The predicted molar refractivity (Wildman–Crippen MR) is 156 cm³/mol. The highest BCUT2D eigenvalue weighted by Crippen LogP contribution is 2.48. The minimum atomic E-state index is -0.730. The van der Waals surface area contributed by atoms with Crippen molar-refractivity contribution < 1.29 is 19.0 Å². The zero-order chi connectivity index (χ0) is 27.7. The van der Waals surface area contributed by atoms with E-state index in [4.69, 9.17) is 14.2 Å². The van der Waals surface area contributed by atoms with Gasteiger partial charge in [0.05, 0.1) is 10.9 Å². The molecule has 2 fully saturated rings. The molecule has 2 saturated heterocycles. The summed E-state index contributed by atoms with van der Waals surface area (Å²) in [4.78, 5) is 26.2. The van der Waals surface area contributed by atoms with Crippen LogP contribution in [0.25, 0.3) is 11.2 Å². The van der Waals surface area contributed by atoms with E-state index in [9.17, 15) is 4.79 Å². The van der Waals surface area contributed by atoms with Crippen LogP contribution in [0, 0.1) is 11.8 Å². The van der Waals surface area contributed by atoms with Gasteiger partial charge in [-0.3, -0.25) is 9.36 Å². The molecule has 2 aliphatic rings. The predicted octanol–water partition coefficient (Wildman–Crippen LogP) is 5.60. The van der Waals surface area contributed by atoms with Crippen LogP contribution in [0.5, 0.6) is 0 Å². The third-order valence-corrected chi connectivity index (χ3v) is 10.2. The number of carbonyl (C=O) groups excluding carboxylic acids is 1. The lowest BCUT2D eigenvalue weighted by atomic mass is 10.1. The molecule has 0 bridgehead atoms. The molecular weight excluding hydrogens is 534 g/mol. The zero-order valence-electron chi connectivity index (χ0n) is 23.2. The molecule has 3 aromatic rings. The van der Waals surface area contributed by atoms with Crippen molar-refractivity contribution in [3.05, 3.63) is 48.5 Å². The normalized spacial score (nSPS) is 24.2. The summed E-state index contributed by atoms with van der Waals surface area (Å²) in [5.74, 6) is 2.57. The van der Waals surface area contributed by atoms with Crippen LogP contribution in [0.15, 0.2) is 43.0 Å². The summed E-state index contributed by atoms with van der Waals surface area (Å²) in [5.41, 5.74) is 1.59. The summed E-state index contributed by atoms with van der Waals surface area (Å²) >= 11 is 3.86. The number of aromatic nitrogens is 4. The standard InChI is InChI=1S/C28H37N5O4S2/c1-16(2)12-38-27(39-13-17(3)4)22-20-21(37-28(5,6)36-20)26(35-22)33-15-31-19-23(29-14-30-24(19)33)32-25(34)18-10-8-7-9-11-18/h7-11,14-17,20-22,26-27H,12-13H2,1-6H3,(H,29,30,32,34)/t20-,21+,22-,26+/m0/s1. The molecule has 11 heteroatoms. The van der Waals surface area contributed by atoms with E-state index in [1.165, 1.54) is 6.33 Å². The van der Waals surface area contributed by atoms with Crippen molar-refractivity contribution >= 4 is 46.4 Å². The Morgan fingerprint density at radius 3 is 2.33 bits per heavy atom. The molecule has 5 rings (SSSR count). The summed E-state index contributed by atoms with van der Waals surface area (Å²) in [6, 6.07) is 9.01. The monoisotopic (exact) mass is 571 g/mol. The maximum Gasteiger partial charge on any atom is 0.256 e. The number of amides is 1. The molecular formula is C28H37N5O4S2. The van der Waals surface area contributed by atoms with Gasteiger partial charge in [-0.25, -0.2) is 15.0 Å². The van der Waals surface area contributed by atoms with Gasteiger partial charge in [0, 0.05) is 5.56 Å². The third kappa shape index (κ3) is 6.27. The van der Waals surface area contributed by atoms with Crippen molar-refractivity contribution in [2.24, 2.45) is 11.8 Å². The van der Waals surface area contributed by atoms with Crippen LogP contribution < -0.4 is 5.32 Å². The molecule has 0 spiro atoms. The second kappa shape index (κ2) is 11.7. The highest BCUT2D eigenvalue weighted by Gasteiger charge is 2.58. The van der Waals surface area contributed by atoms with Gasteiger partial charge in [0.2, 0.25) is 0 Å². The van der Waals surface area contributed by atoms with Crippen LogP contribution in [0.3, 0.4) is 0 Å². The van der Waals surface area contributed by atoms with Crippen LogP contribution in [-0.2, 0) is 14.2 Å². The van der Waals surface area contributed by atoms with E-state index >= 15 is 0 Å². The Morgan fingerprint density at radius 2 is 1.67 bits per heavy atom. The number of imidazole rings is 1. The summed E-state index contributed by atoms with van der Waals surface area (Å²) in [7, 11) is 0. The molecule has 1 aromatic carbocycles. The van der Waals surface area contributed by atoms with E-state index in [1.807, 2.05) is 60.1 Å². The van der Waals surface area contributed by atoms with Gasteiger partial charge >= 0.3 is 0 Å². The topological polar surface area (TPSA) is 100 Å². The average Bonchev–Trinajstić information content (AvgIpc) is 3.55. The minimum Gasteiger partial charge on any atom is -0.347 e. The van der Waals surface area contributed by atoms with Gasteiger partial charge in [-0.1, -0.05) is 45.9 Å². The van der Waals surface area contributed by atoms with Gasteiger partial charge in [-0.05, 0) is 49.3 Å². The van der Waals surface area contributed by atoms with Gasteiger partial charge in [0.1, 0.15) is 24.6 Å². The first-order valence-corrected chi connectivity index (χ1v) is 15.5.